The van der Waals surface area contributed by atoms with Crippen LogP contribution < -0.4 is 16.2 Å². The Hall–Kier alpha value is -2.13. The average molecular weight is 385 g/mol. The Kier molecular flexibility index (Phi) is 5.71. The number of hydrogen-bond acceptors (Lipinski definition) is 4. The molecule has 9 heteroatoms. The van der Waals surface area contributed by atoms with Crippen molar-refractivity contribution in [2.75, 3.05) is 6.54 Å². The number of amides is 2. The van der Waals surface area contributed by atoms with E-state index in [0.717, 1.165) is 25.3 Å². The maximum atomic E-state index is 13.1. The van der Waals surface area contributed by atoms with E-state index in [1.54, 1.807) is 0 Å². The molecule has 0 bridgehead atoms. The molecule has 0 spiro atoms. The third-order valence-electron chi connectivity index (χ3n) is 5.31. The number of hydrogen-bond donors (Lipinski definition) is 4. The molecule has 1 aromatic carbocycles. The molecule has 1 aromatic rings. The smallest absolute Gasteiger partial charge is 0.387 e. The Morgan fingerprint density at radius 1 is 1.26 bits per heavy atom. The average Bonchev–Trinajstić information content (AvgIpc) is 2.65. The van der Waals surface area contributed by atoms with Crippen LogP contribution in [0.25, 0.3) is 0 Å². The molecule has 4 atom stereocenters. The summed E-state index contributed by atoms with van der Waals surface area (Å²) in [6, 6.07) is 4.06. The molecule has 1 heterocycles. The number of aliphatic hydroxyl groups excluding tert-OH is 1. The molecule has 1 aliphatic carbocycles. The minimum atomic E-state index is -4.59. The number of benzene rings is 1. The first kappa shape index (κ1) is 19.6. The molecule has 148 valence electrons. The molecule has 0 radical (unpaired) electrons. The molecule has 1 aliphatic heterocycles. The highest BCUT2D eigenvalue weighted by atomic mass is 19.4. The lowest BCUT2D eigenvalue weighted by Gasteiger charge is -2.40. The van der Waals surface area contributed by atoms with Gasteiger partial charge in [-0.25, -0.2) is 5.43 Å². The Balaban J connectivity index is 1.65. The van der Waals surface area contributed by atoms with Gasteiger partial charge in [-0.3, -0.25) is 15.0 Å². The minimum Gasteiger partial charge on any atom is -0.387 e. The van der Waals surface area contributed by atoms with Crippen LogP contribution in [0, 0.1) is 11.8 Å². The second-order valence-corrected chi connectivity index (χ2v) is 7.01. The Labute approximate surface area is 154 Å². The largest absolute Gasteiger partial charge is 0.416 e. The van der Waals surface area contributed by atoms with Crippen molar-refractivity contribution in [2.45, 2.75) is 44.0 Å². The maximum absolute atomic E-state index is 13.1. The van der Waals surface area contributed by atoms with Crippen LogP contribution in [0.2, 0.25) is 0 Å². The van der Waals surface area contributed by atoms with Gasteiger partial charge < -0.3 is 10.4 Å². The Morgan fingerprint density at radius 2 is 1.96 bits per heavy atom. The number of aliphatic hydroxyl groups is 1. The zero-order valence-corrected chi connectivity index (χ0v) is 14.6. The molecular formula is C18H22F3N3O3. The number of carbonyl (C=O) groups is 2. The van der Waals surface area contributed by atoms with Gasteiger partial charge in [0.1, 0.15) is 6.04 Å². The predicted molar refractivity (Wildman–Crippen MR) is 89.9 cm³/mol. The number of carbonyl (C=O) groups excluding carboxylic acids is 2. The topological polar surface area (TPSA) is 90.5 Å². The van der Waals surface area contributed by atoms with E-state index >= 15 is 0 Å². The van der Waals surface area contributed by atoms with E-state index in [2.05, 4.69) is 16.2 Å². The highest BCUT2D eigenvalue weighted by Crippen LogP contribution is 2.35. The first-order valence-electron chi connectivity index (χ1n) is 8.96. The number of rotatable bonds is 4. The Bertz CT molecular complexity index is 711. The van der Waals surface area contributed by atoms with Crippen LogP contribution in [0.15, 0.2) is 24.3 Å². The molecule has 2 amide bonds. The summed E-state index contributed by atoms with van der Waals surface area (Å²) in [7, 11) is 0. The van der Waals surface area contributed by atoms with Gasteiger partial charge >= 0.3 is 6.18 Å². The molecule has 6 nitrogen and oxygen atoms in total. The van der Waals surface area contributed by atoms with E-state index < -0.39 is 29.8 Å². The van der Waals surface area contributed by atoms with E-state index in [0.29, 0.717) is 6.42 Å². The van der Waals surface area contributed by atoms with Gasteiger partial charge in [0.15, 0.2) is 0 Å². The van der Waals surface area contributed by atoms with Gasteiger partial charge in [-0.05, 0) is 30.4 Å². The number of nitrogens with one attached hydrogen (secondary N) is 3. The molecular weight excluding hydrogens is 363 g/mol. The summed E-state index contributed by atoms with van der Waals surface area (Å²) in [5.41, 5.74) is 3.98. The van der Waals surface area contributed by atoms with E-state index in [9.17, 15) is 27.9 Å². The van der Waals surface area contributed by atoms with Crippen molar-refractivity contribution < 1.29 is 27.9 Å². The molecule has 0 aromatic heterocycles. The first-order valence-corrected chi connectivity index (χ1v) is 8.96. The highest BCUT2D eigenvalue weighted by molar-refractivity contribution is 5.87. The monoisotopic (exact) mass is 385 g/mol. The van der Waals surface area contributed by atoms with Crippen LogP contribution in [0.5, 0.6) is 0 Å². The van der Waals surface area contributed by atoms with Crippen LogP contribution in [-0.2, 0) is 15.8 Å². The summed E-state index contributed by atoms with van der Waals surface area (Å²) in [5, 5.41) is 12.7. The fourth-order valence-corrected chi connectivity index (χ4v) is 3.96. The summed E-state index contributed by atoms with van der Waals surface area (Å²) >= 11 is 0. The zero-order chi connectivity index (χ0) is 19.6. The van der Waals surface area contributed by atoms with Crippen molar-refractivity contribution in [1.29, 1.82) is 0 Å². The number of alkyl halides is 3. The van der Waals surface area contributed by atoms with Gasteiger partial charge in [-0.15, -0.1) is 0 Å². The van der Waals surface area contributed by atoms with Crippen molar-refractivity contribution in [1.82, 2.24) is 16.2 Å². The lowest BCUT2D eigenvalue weighted by molar-refractivity contribution is -0.139. The molecule has 4 N–H and O–H groups in total. The lowest BCUT2D eigenvalue weighted by atomic mass is 9.73. The van der Waals surface area contributed by atoms with Gasteiger partial charge in [-0.1, -0.05) is 31.0 Å². The predicted octanol–water partition coefficient (Wildman–Crippen LogP) is 1.66. The lowest BCUT2D eigenvalue weighted by Crippen LogP contribution is -2.64. The SMILES string of the molecule is O=C1NNC(C(=O)NCC(O)c2ccccc2C(F)(F)F)C2CCCCC12. The summed E-state index contributed by atoms with van der Waals surface area (Å²) in [6.07, 6.45) is -2.80. The maximum Gasteiger partial charge on any atom is 0.416 e. The number of halogens is 3. The highest BCUT2D eigenvalue weighted by Gasteiger charge is 2.43. The molecule has 27 heavy (non-hydrogen) atoms. The third-order valence-corrected chi connectivity index (χ3v) is 5.31. The molecule has 1 saturated heterocycles. The normalized spacial score (nSPS) is 26.7. The van der Waals surface area contributed by atoms with E-state index in [4.69, 9.17) is 0 Å². The van der Waals surface area contributed by atoms with Gasteiger partial charge in [0.2, 0.25) is 11.8 Å². The number of fused-ring (bicyclic) bond motifs is 1. The van der Waals surface area contributed by atoms with Crippen LogP contribution in [0.1, 0.15) is 42.9 Å². The Morgan fingerprint density at radius 3 is 2.70 bits per heavy atom. The van der Waals surface area contributed by atoms with Gasteiger partial charge in [0, 0.05) is 12.5 Å². The van der Waals surface area contributed by atoms with Crippen molar-refractivity contribution in [3.05, 3.63) is 35.4 Å². The molecule has 2 aliphatic rings. The van der Waals surface area contributed by atoms with Crippen LogP contribution in [0.4, 0.5) is 13.2 Å². The van der Waals surface area contributed by atoms with Gasteiger partial charge in [-0.2, -0.15) is 13.2 Å². The quantitative estimate of drug-likeness (QED) is 0.635. The van der Waals surface area contributed by atoms with Crippen molar-refractivity contribution in [3.63, 3.8) is 0 Å². The minimum absolute atomic E-state index is 0.136. The van der Waals surface area contributed by atoms with Gasteiger partial charge in [0.05, 0.1) is 11.7 Å². The zero-order valence-electron chi connectivity index (χ0n) is 14.6. The van der Waals surface area contributed by atoms with E-state index in [1.807, 2.05) is 0 Å². The van der Waals surface area contributed by atoms with Crippen molar-refractivity contribution in [3.8, 4) is 0 Å². The van der Waals surface area contributed by atoms with Crippen LogP contribution in [-0.4, -0.2) is 29.5 Å². The van der Waals surface area contributed by atoms with Crippen LogP contribution in [0.3, 0.4) is 0 Å². The molecule has 2 fully saturated rings. The fraction of sp³-hybridized carbons (Fsp3) is 0.556. The number of hydrazine groups is 1. The second kappa shape index (κ2) is 7.85. The van der Waals surface area contributed by atoms with Crippen LogP contribution >= 0.6 is 0 Å². The summed E-state index contributed by atoms with van der Waals surface area (Å²) < 4.78 is 39.2. The molecule has 1 saturated carbocycles. The van der Waals surface area contributed by atoms with Gasteiger partial charge in [0.25, 0.3) is 0 Å². The second-order valence-electron chi connectivity index (χ2n) is 7.01. The summed E-state index contributed by atoms with van der Waals surface area (Å²) in [5.74, 6) is -0.989. The standard InChI is InChI=1S/C18H22F3N3O3/c19-18(20,21)13-8-4-3-7-12(13)14(25)9-22-17(27)15-10-5-1-2-6-11(10)16(26)24-23-15/h3-4,7-8,10-11,14-15,23,25H,1-2,5-6,9H2,(H,22,27)(H,24,26). The third kappa shape index (κ3) is 4.24. The van der Waals surface area contributed by atoms with Crippen molar-refractivity contribution >= 4 is 11.8 Å². The van der Waals surface area contributed by atoms with Crippen molar-refractivity contribution in [2.24, 2.45) is 11.8 Å². The summed E-state index contributed by atoms with van der Waals surface area (Å²) in [6.45, 7) is -0.352. The first-order chi connectivity index (χ1) is 12.8. The summed E-state index contributed by atoms with van der Waals surface area (Å²) in [4.78, 5) is 24.4. The molecule has 3 rings (SSSR count). The van der Waals surface area contributed by atoms with E-state index in [1.165, 1.54) is 18.2 Å². The molecule has 4 unspecified atom stereocenters. The fourth-order valence-electron chi connectivity index (χ4n) is 3.96. The van der Waals surface area contributed by atoms with E-state index in [-0.39, 0.29) is 29.9 Å².